The minimum Gasteiger partial charge on any atom is -0.350 e. The molecule has 27 heavy (non-hydrogen) atoms. The van der Waals surface area contributed by atoms with Gasteiger partial charge < -0.3 is 9.88 Å². The maximum atomic E-state index is 12.5. The predicted molar refractivity (Wildman–Crippen MR) is 105 cm³/mol. The summed E-state index contributed by atoms with van der Waals surface area (Å²) < 4.78 is 3.17. The fraction of sp³-hybridized carbons (Fsp3) is 0.0952. The Bertz CT molecular complexity index is 1180. The van der Waals surface area contributed by atoms with E-state index >= 15 is 0 Å². The van der Waals surface area contributed by atoms with Gasteiger partial charge in [-0.05, 0) is 24.3 Å². The zero-order chi connectivity index (χ0) is 18.8. The molecular formula is C21H18N4O2. The molecule has 1 amide bonds. The minimum atomic E-state index is -0.317. The standard InChI is InChI=1S/C21H18N4O2/c1-24-13-12-16-18(8-5-9-19(16)24)22-20(26)14-25-21(27)11-10-17(23-25)15-6-3-2-4-7-15/h2-13H,14H2,1H3,(H,22,26). The molecule has 0 saturated carbocycles. The molecule has 0 aliphatic heterocycles. The van der Waals surface area contributed by atoms with Gasteiger partial charge >= 0.3 is 0 Å². The second-order valence-corrected chi connectivity index (χ2v) is 6.29. The number of hydrogen-bond donors (Lipinski definition) is 1. The number of fused-ring (bicyclic) bond motifs is 1. The molecule has 4 rings (SSSR count). The summed E-state index contributed by atoms with van der Waals surface area (Å²) in [4.78, 5) is 24.6. The summed E-state index contributed by atoms with van der Waals surface area (Å²) in [6.07, 6.45) is 1.94. The van der Waals surface area contributed by atoms with Crippen LogP contribution >= 0.6 is 0 Å². The number of carbonyl (C=O) groups excluding carboxylic acids is 1. The molecule has 2 aromatic heterocycles. The van der Waals surface area contributed by atoms with Crippen LogP contribution in [0.3, 0.4) is 0 Å². The van der Waals surface area contributed by atoms with Crippen molar-refractivity contribution >= 4 is 22.5 Å². The van der Waals surface area contributed by atoms with Gasteiger partial charge in [0.05, 0.1) is 11.4 Å². The highest BCUT2D eigenvalue weighted by molar-refractivity contribution is 6.01. The molecule has 1 N–H and O–H groups in total. The van der Waals surface area contributed by atoms with Crippen LogP contribution in [0.15, 0.2) is 77.7 Å². The molecule has 0 bridgehead atoms. The Balaban J connectivity index is 1.58. The number of rotatable bonds is 4. The van der Waals surface area contributed by atoms with Crippen molar-refractivity contribution in [3.8, 4) is 11.3 Å². The lowest BCUT2D eigenvalue weighted by Gasteiger charge is -2.09. The Morgan fingerprint density at radius 2 is 1.81 bits per heavy atom. The molecule has 0 unspecified atom stereocenters. The summed E-state index contributed by atoms with van der Waals surface area (Å²) in [6.45, 7) is -0.150. The van der Waals surface area contributed by atoms with Crippen molar-refractivity contribution in [2.45, 2.75) is 6.54 Å². The number of hydrogen-bond acceptors (Lipinski definition) is 3. The Hall–Kier alpha value is -3.67. The molecule has 0 atom stereocenters. The number of benzene rings is 2. The molecular weight excluding hydrogens is 340 g/mol. The molecule has 6 nitrogen and oxygen atoms in total. The fourth-order valence-corrected chi connectivity index (χ4v) is 3.06. The number of nitrogens with one attached hydrogen (secondary N) is 1. The first-order valence-corrected chi connectivity index (χ1v) is 8.59. The summed E-state index contributed by atoms with van der Waals surface area (Å²) in [5, 5.41) is 8.16. The highest BCUT2D eigenvalue weighted by atomic mass is 16.2. The topological polar surface area (TPSA) is 68.9 Å². The monoisotopic (exact) mass is 358 g/mol. The lowest BCUT2D eigenvalue weighted by molar-refractivity contribution is -0.117. The number of aryl methyl sites for hydroxylation is 1. The van der Waals surface area contributed by atoms with Crippen molar-refractivity contribution in [1.29, 1.82) is 0 Å². The van der Waals surface area contributed by atoms with Gasteiger partial charge in [0.1, 0.15) is 6.54 Å². The van der Waals surface area contributed by atoms with Crippen LogP contribution in [0.1, 0.15) is 0 Å². The average Bonchev–Trinajstić information content (AvgIpc) is 3.06. The predicted octanol–water partition coefficient (Wildman–Crippen LogP) is 3.04. The third kappa shape index (κ3) is 3.37. The lowest BCUT2D eigenvalue weighted by atomic mass is 10.1. The first kappa shape index (κ1) is 16.8. The van der Waals surface area contributed by atoms with E-state index in [1.54, 1.807) is 6.07 Å². The maximum Gasteiger partial charge on any atom is 0.267 e. The summed E-state index contributed by atoms with van der Waals surface area (Å²) >= 11 is 0. The highest BCUT2D eigenvalue weighted by Gasteiger charge is 2.11. The first-order chi connectivity index (χ1) is 13.1. The minimum absolute atomic E-state index is 0.150. The van der Waals surface area contributed by atoms with Crippen LogP contribution in [0.2, 0.25) is 0 Å². The van der Waals surface area contributed by atoms with Gasteiger partial charge in [-0.3, -0.25) is 9.59 Å². The van der Waals surface area contributed by atoms with E-state index in [1.165, 1.54) is 10.7 Å². The third-order valence-corrected chi connectivity index (χ3v) is 4.43. The van der Waals surface area contributed by atoms with Crippen molar-refractivity contribution in [2.75, 3.05) is 5.32 Å². The van der Waals surface area contributed by atoms with Gasteiger partial charge in [-0.25, -0.2) is 4.68 Å². The second kappa shape index (κ2) is 6.92. The average molecular weight is 358 g/mol. The van der Waals surface area contributed by atoms with E-state index in [0.29, 0.717) is 11.4 Å². The van der Waals surface area contributed by atoms with Gasteiger partial charge in [-0.1, -0.05) is 36.4 Å². The van der Waals surface area contributed by atoms with Crippen LogP contribution in [0.4, 0.5) is 5.69 Å². The second-order valence-electron chi connectivity index (χ2n) is 6.29. The van der Waals surface area contributed by atoms with Gasteiger partial charge in [-0.15, -0.1) is 0 Å². The molecule has 2 aromatic carbocycles. The van der Waals surface area contributed by atoms with Gasteiger partial charge in [-0.2, -0.15) is 5.10 Å². The Kier molecular flexibility index (Phi) is 4.30. The largest absolute Gasteiger partial charge is 0.350 e. The number of carbonyl (C=O) groups is 1. The van der Waals surface area contributed by atoms with Gasteiger partial charge in [0.15, 0.2) is 0 Å². The number of amides is 1. The van der Waals surface area contributed by atoms with E-state index in [1.807, 2.05) is 72.4 Å². The molecule has 134 valence electrons. The van der Waals surface area contributed by atoms with E-state index in [-0.39, 0.29) is 18.0 Å². The van der Waals surface area contributed by atoms with Crippen LogP contribution in [0.25, 0.3) is 22.2 Å². The fourth-order valence-electron chi connectivity index (χ4n) is 3.06. The van der Waals surface area contributed by atoms with E-state index in [0.717, 1.165) is 16.5 Å². The van der Waals surface area contributed by atoms with Crippen molar-refractivity contribution in [3.63, 3.8) is 0 Å². The summed E-state index contributed by atoms with van der Waals surface area (Å²) in [5.41, 5.74) is 2.95. The van der Waals surface area contributed by atoms with Crippen LogP contribution in [-0.2, 0) is 18.4 Å². The van der Waals surface area contributed by atoms with E-state index in [9.17, 15) is 9.59 Å². The van der Waals surface area contributed by atoms with Crippen LogP contribution in [0.5, 0.6) is 0 Å². The van der Waals surface area contributed by atoms with Gasteiger partial charge in [0.2, 0.25) is 5.91 Å². The van der Waals surface area contributed by atoms with Crippen LogP contribution < -0.4 is 10.9 Å². The number of nitrogens with zero attached hydrogens (tertiary/aromatic N) is 3. The molecule has 4 aromatic rings. The lowest BCUT2D eigenvalue weighted by Crippen LogP contribution is -2.29. The SMILES string of the molecule is Cn1ccc2c(NC(=O)Cn3nc(-c4ccccc4)ccc3=O)cccc21. The van der Waals surface area contributed by atoms with Crippen LogP contribution in [-0.4, -0.2) is 20.3 Å². The Labute approximate surface area is 155 Å². The molecule has 2 heterocycles. The molecule has 0 spiro atoms. The van der Waals surface area contributed by atoms with E-state index < -0.39 is 0 Å². The first-order valence-electron chi connectivity index (χ1n) is 8.59. The smallest absolute Gasteiger partial charge is 0.267 e. The zero-order valence-corrected chi connectivity index (χ0v) is 14.8. The highest BCUT2D eigenvalue weighted by Crippen LogP contribution is 2.23. The van der Waals surface area contributed by atoms with E-state index in [2.05, 4.69) is 10.4 Å². The molecule has 0 saturated heterocycles. The normalized spacial score (nSPS) is 10.9. The molecule has 0 fully saturated rings. The van der Waals surface area contributed by atoms with Gasteiger partial charge in [0.25, 0.3) is 5.56 Å². The molecule has 0 radical (unpaired) electrons. The van der Waals surface area contributed by atoms with Crippen molar-refractivity contribution in [3.05, 3.63) is 83.3 Å². The van der Waals surface area contributed by atoms with Gasteiger partial charge in [0, 0.05) is 35.8 Å². The summed E-state index contributed by atoms with van der Waals surface area (Å²) in [6, 6.07) is 20.3. The Morgan fingerprint density at radius 3 is 2.63 bits per heavy atom. The maximum absolute atomic E-state index is 12.5. The van der Waals surface area contributed by atoms with Crippen LogP contribution in [0, 0.1) is 0 Å². The van der Waals surface area contributed by atoms with Crippen molar-refractivity contribution < 1.29 is 4.79 Å². The molecule has 0 aliphatic rings. The van der Waals surface area contributed by atoms with Crippen molar-refractivity contribution in [1.82, 2.24) is 14.3 Å². The van der Waals surface area contributed by atoms with E-state index in [4.69, 9.17) is 0 Å². The Morgan fingerprint density at radius 1 is 1.00 bits per heavy atom. The molecule has 6 heteroatoms. The number of aromatic nitrogens is 3. The number of anilines is 1. The molecule has 0 aliphatic carbocycles. The summed E-state index contributed by atoms with van der Waals surface area (Å²) in [7, 11) is 1.95. The van der Waals surface area contributed by atoms with Crippen molar-refractivity contribution in [2.24, 2.45) is 7.05 Å². The third-order valence-electron chi connectivity index (χ3n) is 4.43. The zero-order valence-electron chi connectivity index (χ0n) is 14.8. The summed E-state index contributed by atoms with van der Waals surface area (Å²) in [5.74, 6) is -0.300. The quantitative estimate of drug-likeness (QED) is 0.610.